The molecular formula is C24H46N4O. The van der Waals surface area contributed by atoms with E-state index in [1.165, 1.54) is 84.2 Å². The zero-order valence-corrected chi connectivity index (χ0v) is 19.7. The molecule has 0 bridgehead atoms. The van der Waals surface area contributed by atoms with Gasteiger partial charge in [0.1, 0.15) is 0 Å². The van der Waals surface area contributed by atoms with Crippen molar-refractivity contribution in [2.24, 2.45) is 0 Å². The Morgan fingerprint density at radius 1 is 0.724 bits per heavy atom. The van der Waals surface area contributed by atoms with Crippen molar-refractivity contribution in [3.8, 4) is 0 Å². The number of likely N-dealkylation sites (N-methyl/N-ethyl adjacent to an activating group) is 1. The van der Waals surface area contributed by atoms with Crippen LogP contribution in [0, 0.1) is 0 Å². The van der Waals surface area contributed by atoms with E-state index in [0.29, 0.717) is 5.57 Å². The summed E-state index contributed by atoms with van der Waals surface area (Å²) in [5, 5.41) is 0. The van der Waals surface area contributed by atoms with Crippen LogP contribution >= 0.6 is 0 Å². The molecule has 0 aliphatic carbocycles. The molecule has 0 aromatic carbocycles. The zero-order chi connectivity index (χ0) is 21.5. The maximum absolute atomic E-state index is 10.5. The lowest BCUT2D eigenvalue weighted by atomic mass is 10.1. The van der Waals surface area contributed by atoms with E-state index in [4.69, 9.17) is 0 Å². The van der Waals surface area contributed by atoms with E-state index < -0.39 is 0 Å². The van der Waals surface area contributed by atoms with Gasteiger partial charge in [0.15, 0.2) is 6.29 Å². The van der Waals surface area contributed by atoms with E-state index in [2.05, 4.69) is 53.1 Å². The van der Waals surface area contributed by atoms with Gasteiger partial charge >= 0.3 is 0 Å². The minimum atomic E-state index is 0.269. The standard InChI is InChI=1S/C9H13NO.3C5H11N/c1-3-8(7-11)9-5-4-6-10(9)2;3*1-6-4-2-3-5-6/h7,9H,1,4-6H2,2H3;3*2-5H2,1H3. The third-order valence-electron chi connectivity index (χ3n) is 6.20. The molecule has 4 aliphatic heterocycles. The molecule has 4 aliphatic rings. The number of rotatable bonds is 2. The maximum atomic E-state index is 10.5. The molecule has 1 atom stereocenters. The van der Waals surface area contributed by atoms with E-state index in [1.807, 2.05) is 7.05 Å². The summed E-state index contributed by atoms with van der Waals surface area (Å²) in [7, 11) is 8.55. The summed E-state index contributed by atoms with van der Waals surface area (Å²) in [5.41, 5.74) is 3.38. The molecule has 5 nitrogen and oxygen atoms in total. The molecule has 0 spiro atoms. The lowest BCUT2D eigenvalue weighted by molar-refractivity contribution is -0.105. The maximum Gasteiger partial charge on any atom is 0.155 e. The van der Waals surface area contributed by atoms with Crippen LogP contribution in [0.4, 0.5) is 0 Å². The molecule has 168 valence electrons. The molecule has 0 saturated carbocycles. The largest absolute Gasteiger partial charge is 0.306 e. The first-order valence-corrected chi connectivity index (χ1v) is 11.6. The summed E-state index contributed by atoms with van der Waals surface area (Å²) >= 11 is 0. The fourth-order valence-corrected chi connectivity index (χ4v) is 4.17. The summed E-state index contributed by atoms with van der Waals surface area (Å²) in [4.78, 5) is 19.8. The Morgan fingerprint density at radius 2 is 1.10 bits per heavy atom. The topological polar surface area (TPSA) is 30.0 Å². The quantitative estimate of drug-likeness (QED) is 0.399. The van der Waals surface area contributed by atoms with Crippen molar-refractivity contribution in [3.63, 3.8) is 0 Å². The first-order valence-electron chi connectivity index (χ1n) is 11.6. The fourth-order valence-electron chi connectivity index (χ4n) is 4.17. The molecule has 4 saturated heterocycles. The monoisotopic (exact) mass is 406 g/mol. The van der Waals surface area contributed by atoms with Gasteiger partial charge in [-0.15, -0.1) is 5.73 Å². The lowest BCUT2D eigenvalue weighted by Gasteiger charge is -2.17. The van der Waals surface area contributed by atoms with Gasteiger partial charge in [0, 0.05) is 6.04 Å². The van der Waals surface area contributed by atoms with Gasteiger partial charge in [-0.05, 0) is 125 Å². The van der Waals surface area contributed by atoms with Gasteiger partial charge in [0.05, 0.1) is 5.57 Å². The number of carbonyl (C=O) groups excluding carboxylic acids is 1. The number of hydrogen-bond donors (Lipinski definition) is 0. The molecule has 1 unspecified atom stereocenters. The van der Waals surface area contributed by atoms with Crippen LogP contribution in [0.3, 0.4) is 0 Å². The first kappa shape index (κ1) is 26.1. The predicted molar refractivity (Wildman–Crippen MR) is 125 cm³/mol. The number of carbonyl (C=O) groups is 1. The minimum Gasteiger partial charge on any atom is -0.306 e. The molecule has 0 aromatic rings. The number of likely N-dealkylation sites (tertiary alicyclic amines) is 4. The molecule has 4 fully saturated rings. The second-order valence-corrected chi connectivity index (χ2v) is 8.92. The van der Waals surface area contributed by atoms with Crippen LogP contribution in [-0.2, 0) is 4.79 Å². The molecule has 0 amide bonds. The molecule has 0 aromatic heterocycles. The van der Waals surface area contributed by atoms with Crippen molar-refractivity contribution in [1.82, 2.24) is 19.6 Å². The van der Waals surface area contributed by atoms with Crippen molar-refractivity contribution < 1.29 is 4.79 Å². The van der Waals surface area contributed by atoms with Gasteiger partial charge in [-0.25, -0.2) is 0 Å². The van der Waals surface area contributed by atoms with Crippen molar-refractivity contribution >= 4 is 6.29 Å². The molecule has 0 N–H and O–H groups in total. The summed E-state index contributed by atoms with van der Waals surface area (Å²) in [6, 6.07) is 0.269. The van der Waals surface area contributed by atoms with Gasteiger partial charge in [-0.1, -0.05) is 6.58 Å². The van der Waals surface area contributed by atoms with Crippen LogP contribution in [0.25, 0.3) is 0 Å². The zero-order valence-electron chi connectivity index (χ0n) is 19.7. The first-order chi connectivity index (χ1) is 14.0. The highest BCUT2D eigenvalue weighted by Gasteiger charge is 2.23. The normalized spacial score (nSPS) is 25.2. The van der Waals surface area contributed by atoms with Gasteiger partial charge in [0.2, 0.25) is 0 Å². The van der Waals surface area contributed by atoms with Crippen molar-refractivity contribution in [3.05, 3.63) is 17.9 Å². The Labute approximate surface area is 180 Å². The summed E-state index contributed by atoms with van der Waals surface area (Å²) in [5.74, 6) is 0. The van der Waals surface area contributed by atoms with E-state index >= 15 is 0 Å². The average molecular weight is 407 g/mol. The van der Waals surface area contributed by atoms with E-state index in [1.54, 1.807) is 0 Å². The van der Waals surface area contributed by atoms with Crippen molar-refractivity contribution in [1.29, 1.82) is 0 Å². The van der Waals surface area contributed by atoms with Crippen LogP contribution < -0.4 is 0 Å². The highest BCUT2D eigenvalue weighted by atomic mass is 16.1. The van der Waals surface area contributed by atoms with Gasteiger partial charge in [-0.2, -0.15) is 0 Å². The van der Waals surface area contributed by atoms with Gasteiger partial charge < -0.3 is 14.7 Å². The molecular weight excluding hydrogens is 360 g/mol. The Kier molecular flexibility index (Phi) is 14.2. The third-order valence-corrected chi connectivity index (χ3v) is 6.20. The Morgan fingerprint density at radius 3 is 1.28 bits per heavy atom. The van der Waals surface area contributed by atoms with Crippen LogP contribution in [0.2, 0.25) is 0 Å². The highest BCUT2D eigenvalue weighted by molar-refractivity contribution is 5.74. The third kappa shape index (κ3) is 11.7. The smallest absolute Gasteiger partial charge is 0.155 e. The second kappa shape index (κ2) is 15.8. The molecule has 0 radical (unpaired) electrons. The predicted octanol–water partition coefficient (Wildman–Crippen LogP) is 3.13. The average Bonchev–Trinajstić information content (AvgIpc) is 3.50. The van der Waals surface area contributed by atoms with E-state index in [-0.39, 0.29) is 6.04 Å². The molecule has 29 heavy (non-hydrogen) atoms. The summed E-state index contributed by atoms with van der Waals surface area (Å²) < 4.78 is 0. The van der Waals surface area contributed by atoms with Crippen LogP contribution in [-0.4, -0.2) is 106 Å². The number of hydrogen-bond acceptors (Lipinski definition) is 5. The van der Waals surface area contributed by atoms with Crippen LogP contribution in [0.1, 0.15) is 51.4 Å². The molecule has 5 heteroatoms. The van der Waals surface area contributed by atoms with Gasteiger partial charge in [-0.3, -0.25) is 9.69 Å². The van der Waals surface area contributed by atoms with E-state index in [9.17, 15) is 4.79 Å². The number of aldehydes is 1. The summed E-state index contributed by atoms with van der Waals surface area (Å²) in [6.07, 6.45) is 11.6. The SMILES string of the molecule is C=C=C(C=O)C1CCCN1C.CN1CCCC1.CN1CCCC1.CN1CCCC1. The van der Waals surface area contributed by atoms with E-state index in [0.717, 1.165) is 19.3 Å². The Bertz CT molecular complexity index is 438. The summed E-state index contributed by atoms with van der Waals surface area (Å²) in [6.45, 7) is 12.5. The number of nitrogens with zero attached hydrogens (tertiary/aromatic N) is 4. The highest BCUT2D eigenvalue weighted by Crippen LogP contribution is 2.19. The van der Waals surface area contributed by atoms with Crippen molar-refractivity contribution in [2.75, 3.05) is 74.0 Å². The minimum absolute atomic E-state index is 0.269. The lowest BCUT2D eigenvalue weighted by Crippen LogP contribution is -2.26. The Balaban J connectivity index is 0.000000202. The van der Waals surface area contributed by atoms with Crippen LogP contribution in [0.15, 0.2) is 17.9 Å². The van der Waals surface area contributed by atoms with Crippen LogP contribution in [0.5, 0.6) is 0 Å². The van der Waals surface area contributed by atoms with Gasteiger partial charge in [0.25, 0.3) is 0 Å². The molecule has 4 rings (SSSR count). The second-order valence-electron chi connectivity index (χ2n) is 8.92. The fraction of sp³-hybridized carbons (Fsp3) is 0.833. The van der Waals surface area contributed by atoms with Crippen molar-refractivity contribution in [2.45, 2.75) is 57.4 Å². The molecule has 4 heterocycles. The Hall–Kier alpha value is -0.970.